The highest BCUT2D eigenvalue weighted by Crippen LogP contribution is 2.08. The van der Waals surface area contributed by atoms with Crippen molar-refractivity contribution >= 4 is 11.7 Å². The maximum Gasteiger partial charge on any atom is 0.254 e. The fourth-order valence-electron chi connectivity index (χ4n) is 1.41. The summed E-state index contributed by atoms with van der Waals surface area (Å²) in [6, 6.07) is 3.74. The van der Waals surface area contributed by atoms with E-state index in [4.69, 9.17) is 4.74 Å². The molecule has 0 saturated heterocycles. The predicted octanol–water partition coefficient (Wildman–Crippen LogP) is 1.23. The van der Waals surface area contributed by atoms with E-state index >= 15 is 0 Å². The maximum atomic E-state index is 11.6. The number of hydrogen-bond acceptors (Lipinski definition) is 4. The molecule has 0 spiro atoms. The Hall–Kier alpha value is -1.62. The highest BCUT2D eigenvalue weighted by Gasteiger charge is 2.08. The van der Waals surface area contributed by atoms with E-state index < -0.39 is 0 Å². The molecular formula is C12H19N3O2. The van der Waals surface area contributed by atoms with Gasteiger partial charge in [-0.05, 0) is 19.1 Å². The quantitative estimate of drug-likeness (QED) is 0.837. The zero-order chi connectivity index (χ0) is 12.8. The van der Waals surface area contributed by atoms with Crippen molar-refractivity contribution in [3.63, 3.8) is 0 Å². The van der Waals surface area contributed by atoms with Crippen LogP contribution in [0.5, 0.6) is 0 Å². The molecule has 1 atom stereocenters. The Morgan fingerprint density at radius 2 is 2.24 bits per heavy atom. The van der Waals surface area contributed by atoms with Gasteiger partial charge in [0, 0.05) is 33.4 Å². The lowest BCUT2D eigenvalue weighted by Gasteiger charge is -2.14. The van der Waals surface area contributed by atoms with Crippen molar-refractivity contribution in [2.45, 2.75) is 13.0 Å². The summed E-state index contributed by atoms with van der Waals surface area (Å²) in [6.45, 7) is 2.62. The van der Waals surface area contributed by atoms with Gasteiger partial charge in [0.1, 0.15) is 5.82 Å². The van der Waals surface area contributed by atoms with E-state index in [1.807, 2.05) is 6.92 Å². The smallest absolute Gasteiger partial charge is 0.254 e. The van der Waals surface area contributed by atoms with Gasteiger partial charge in [0.2, 0.25) is 0 Å². The minimum atomic E-state index is -0.0472. The Labute approximate surface area is 102 Å². The molecule has 1 amide bonds. The maximum absolute atomic E-state index is 11.6. The summed E-state index contributed by atoms with van der Waals surface area (Å²) < 4.78 is 5.02. The van der Waals surface area contributed by atoms with Crippen LogP contribution in [0.4, 0.5) is 5.82 Å². The Kier molecular flexibility index (Phi) is 4.90. The molecule has 5 nitrogen and oxygen atoms in total. The van der Waals surface area contributed by atoms with E-state index in [9.17, 15) is 4.79 Å². The van der Waals surface area contributed by atoms with Crippen LogP contribution >= 0.6 is 0 Å². The van der Waals surface area contributed by atoms with E-state index in [2.05, 4.69) is 10.3 Å². The summed E-state index contributed by atoms with van der Waals surface area (Å²) in [4.78, 5) is 17.3. The predicted molar refractivity (Wildman–Crippen MR) is 67.2 cm³/mol. The molecule has 0 aliphatic heterocycles. The van der Waals surface area contributed by atoms with Crippen LogP contribution in [0.15, 0.2) is 18.3 Å². The van der Waals surface area contributed by atoms with E-state index in [0.29, 0.717) is 12.2 Å². The van der Waals surface area contributed by atoms with Crippen LogP contribution in [0.25, 0.3) is 0 Å². The molecule has 1 aromatic rings. The third-order valence-electron chi connectivity index (χ3n) is 2.23. The zero-order valence-corrected chi connectivity index (χ0v) is 10.7. The fraction of sp³-hybridized carbons (Fsp3) is 0.500. The van der Waals surface area contributed by atoms with Crippen LogP contribution in [0, 0.1) is 0 Å². The zero-order valence-electron chi connectivity index (χ0n) is 10.7. The van der Waals surface area contributed by atoms with E-state index in [0.717, 1.165) is 5.82 Å². The van der Waals surface area contributed by atoms with E-state index in [1.165, 1.54) is 4.90 Å². The second kappa shape index (κ2) is 6.20. The van der Waals surface area contributed by atoms with Crippen molar-refractivity contribution < 1.29 is 9.53 Å². The summed E-state index contributed by atoms with van der Waals surface area (Å²) in [5.74, 6) is 0.693. The van der Waals surface area contributed by atoms with Crippen molar-refractivity contribution in [3.05, 3.63) is 23.9 Å². The average molecular weight is 237 g/mol. The second-order valence-corrected chi connectivity index (χ2v) is 4.13. The minimum absolute atomic E-state index is 0.0472. The van der Waals surface area contributed by atoms with Crippen molar-refractivity contribution in [3.8, 4) is 0 Å². The number of methoxy groups -OCH3 is 1. The molecule has 0 saturated carbocycles. The number of rotatable bonds is 5. The van der Waals surface area contributed by atoms with E-state index in [-0.39, 0.29) is 11.9 Å². The lowest BCUT2D eigenvalue weighted by Crippen LogP contribution is -2.23. The van der Waals surface area contributed by atoms with Gasteiger partial charge in [-0.2, -0.15) is 0 Å². The molecule has 1 aromatic heterocycles. The first-order valence-electron chi connectivity index (χ1n) is 5.47. The van der Waals surface area contributed by atoms with Gasteiger partial charge in [0.05, 0.1) is 12.2 Å². The molecule has 0 bridgehead atoms. The molecule has 0 aliphatic rings. The third kappa shape index (κ3) is 4.03. The summed E-state index contributed by atoms with van der Waals surface area (Å²) >= 11 is 0. The SMILES string of the molecule is COCC(C)Nc1ccc(C(=O)N(C)C)cn1. The molecule has 1 heterocycles. The largest absolute Gasteiger partial charge is 0.383 e. The summed E-state index contributed by atoms with van der Waals surface area (Å²) in [7, 11) is 5.09. The van der Waals surface area contributed by atoms with Crippen LogP contribution in [-0.2, 0) is 4.74 Å². The standard InChI is InChI=1S/C12H19N3O2/c1-9(8-17-4)14-11-6-5-10(7-13-11)12(16)15(2)3/h5-7,9H,8H2,1-4H3,(H,13,14). The van der Waals surface area contributed by atoms with Crippen LogP contribution in [-0.4, -0.2) is 49.6 Å². The van der Waals surface area contributed by atoms with Gasteiger partial charge < -0.3 is 15.0 Å². The highest BCUT2D eigenvalue weighted by molar-refractivity contribution is 5.93. The summed E-state index contributed by atoms with van der Waals surface area (Å²) in [5, 5.41) is 3.18. The molecule has 94 valence electrons. The number of carbonyl (C=O) groups is 1. The molecule has 1 N–H and O–H groups in total. The monoisotopic (exact) mass is 237 g/mol. The normalized spacial score (nSPS) is 12.0. The molecule has 0 fully saturated rings. The van der Waals surface area contributed by atoms with Crippen LogP contribution < -0.4 is 5.32 Å². The number of carbonyl (C=O) groups excluding carboxylic acids is 1. The topological polar surface area (TPSA) is 54.5 Å². The number of nitrogens with zero attached hydrogens (tertiary/aromatic N) is 2. The first kappa shape index (κ1) is 13.4. The van der Waals surface area contributed by atoms with Gasteiger partial charge in [-0.25, -0.2) is 4.98 Å². The average Bonchev–Trinajstić information content (AvgIpc) is 2.29. The Bertz CT molecular complexity index is 363. The number of aromatic nitrogens is 1. The molecule has 0 aromatic carbocycles. The van der Waals surface area contributed by atoms with Crippen molar-refractivity contribution in [1.82, 2.24) is 9.88 Å². The van der Waals surface area contributed by atoms with Crippen molar-refractivity contribution in [2.75, 3.05) is 33.1 Å². The van der Waals surface area contributed by atoms with Crippen molar-refractivity contribution in [2.24, 2.45) is 0 Å². The Morgan fingerprint density at radius 1 is 1.53 bits per heavy atom. The van der Waals surface area contributed by atoms with Crippen LogP contribution in [0.3, 0.4) is 0 Å². The van der Waals surface area contributed by atoms with Gasteiger partial charge in [-0.3, -0.25) is 4.79 Å². The molecule has 1 unspecified atom stereocenters. The Balaban J connectivity index is 2.65. The second-order valence-electron chi connectivity index (χ2n) is 4.13. The lowest BCUT2D eigenvalue weighted by molar-refractivity contribution is 0.0827. The number of amides is 1. The van der Waals surface area contributed by atoms with Gasteiger partial charge in [0.15, 0.2) is 0 Å². The molecule has 0 radical (unpaired) electrons. The Morgan fingerprint density at radius 3 is 2.71 bits per heavy atom. The lowest BCUT2D eigenvalue weighted by atomic mass is 10.2. The van der Waals surface area contributed by atoms with Crippen LogP contribution in [0.2, 0.25) is 0 Å². The first-order chi connectivity index (χ1) is 8.04. The molecular weight excluding hydrogens is 218 g/mol. The fourth-order valence-corrected chi connectivity index (χ4v) is 1.41. The number of hydrogen-bond donors (Lipinski definition) is 1. The molecule has 17 heavy (non-hydrogen) atoms. The first-order valence-corrected chi connectivity index (χ1v) is 5.47. The van der Waals surface area contributed by atoms with Gasteiger partial charge >= 0.3 is 0 Å². The number of nitrogens with one attached hydrogen (secondary N) is 1. The highest BCUT2D eigenvalue weighted by atomic mass is 16.5. The van der Waals surface area contributed by atoms with Crippen molar-refractivity contribution in [1.29, 1.82) is 0 Å². The third-order valence-corrected chi connectivity index (χ3v) is 2.23. The minimum Gasteiger partial charge on any atom is -0.383 e. The molecule has 5 heteroatoms. The summed E-state index contributed by atoms with van der Waals surface area (Å²) in [5.41, 5.74) is 0.583. The number of ether oxygens (including phenoxy) is 1. The van der Waals surface area contributed by atoms with E-state index in [1.54, 1.807) is 39.5 Å². The van der Waals surface area contributed by atoms with Gasteiger partial charge in [-0.15, -0.1) is 0 Å². The summed E-state index contributed by atoms with van der Waals surface area (Å²) in [6.07, 6.45) is 1.57. The van der Waals surface area contributed by atoms with Gasteiger partial charge in [0.25, 0.3) is 5.91 Å². The molecule has 1 rings (SSSR count). The van der Waals surface area contributed by atoms with Crippen LogP contribution in [0.1, 0.15) is 17.3 Å². The van der Waals surface area contributed by atoms with Gasteiger partial charge in [-0.1, -0.05) is 0 Å². The molecule has 0 aliphatic carbocycles. The number of anilines is 1. The number of pyridine rings is 1.